The van der Waals surface area contributed by atoms with Gasteiger partial charge in [-0.2, -0.15) is 0 Å². The zero-order valence-corrected chi connectivity index (χ0v) is 12.7. The van der Waals surface area contributed by atoms with Gasteiger partial charge in [-0.3, -0.25) is 0 Å². The lowest BCUT2D eigenvalue weighted by atomic mass is 9.76. The Balaban J connectivity index is 2.42. The summed E-state index contributed by atoms with van der Waals surface area (Å²) in [4.78, 5) is 0. The molecule has 2 nitrogen and oxygen atoms in total. The molecule has 4 heteroatoms. The van der Waals surface area contributed by atoms with Gasteiger partial charge in [-0.15, -0.1) is 0 Å². The third-order valence-electron chi connectivity index (χ3n) is 3.89. The lowest BCUT2D eigenvalue weighted by Crippen LogP contribution is -2.41. The average molecular weight is 308 g/mol. The molecule has 0 fully saturated rings. The Morgan fingerprint density at radius 2 is 1.86 bits per heavy atom. The van der Waals surface area contributed by atoms with Crippen molar-refractivity contribution in [2.45, 2.75) is 18.8 Å². The van der Waals surface area contributed by atoms with Crippen LogP contribution in [-0.2, 0) is 11.8 Å². The highest BCUT2D eigenvalue weighted by Crippen LogP contribution is 2.29. The molecule has 0 aromatic heterocycles. The molecular weight excluding hydrogens is 289 g/mol. The van der Waals surface area contributed by atoms with E-state index in [9.17, 15) is 9.50 Å². The minimum Gasteiger partial charge on any atom is -0.395 e. The van der Waals surface area contributed by atoms with E-state index in [1.54, 1.807) is 6.07 Å². The molecule has 2 aromatic carbocycles. The summed E-state index contributed by atoms with van der Waals surface area (Å²) in [5.74, 6) is -0.335. The van der Waals surface area contributed by atoms with Crippen molar-refractivity contribution in [1.82, 2.24) is 0 Å². The maximum absolute atomic E-state index is 14.0. The van der Waals surface area contributed by atoms with E-state index in [0.717, 1.165) is 11.1 Å². The van der Waals surface area contributed by atoms with E-state index in [1.165, 1.54) is 12.1 Å². The molecule has 1 unspecified atom stereocenters. The molecule has 3 N–H and O–H groups in total. The van der Waals surface area contributed by atoms with Crippen LogP contribution in [0, 0.1) is 12.7 Å². The van der Waals surface area contributed by atoms with E-state index in [1.807, 2.05) is 31.2 Å². The zero-order chi connectivity index (χ0) is 15.5. The Kier molecular flexibility index (Phi) is 4.99. The molecule has 0 aliphatic rings. The molecular formula is C17H19ClFNO. The van der Waals surface area contributed by atoms with E-state index < -0.39 is 5.41 Å². The number of rotatable bonds is 5. The largest absolute Gasteiger partial charge is 0.395 e. The van der Waals surface area contributed by atoms with Gasteiger partial charge in [0, 0.05) is 17.0 Å². The van der Waals surface area contributed by atoms with Gasteiger partial charge < -0.3 is 10.8 Å². The first-order valence-electron chi connectivity index (χ1n) is 6.83. The summed E-state index contributed by atoms with van der Waals surface area (Å²) in [5, 5.41) is 10.4. The summed E-state index contributed by atoms with van der Waals surface area (Å²) in [6.45, 7) is 2.06. The number of nitrogens with two attached hydrogens (primary N) is 1. The number of aliphatic hydroxyl groups is 1. The third kappa shape index (κ3) is 3.43. The van der Waals surface area contributed by atoms with Crippen LogP contribution in [0.3, 0.4) is 0 Å². The smallest absolute Gasteiger partial charge is 0.126 e. The Morgan fingerprint density at radius 3 is 2.43 bits per heavy atom. The minimum atomic E-state index is -0.709. The minimum absolute atomic E-state index is 0.154. The first kappa shape index (κ1) is 16.0. The van der Waals surface area contributed by atoms with Gasteiger partial charge in [0.05, 0.1) is 6.61 Å². The molecule has 2 rings (SSSR count). The Labute approximate surface area is 129 Å². The fourth-order valence-electron chi connectivity index (χ4n) is 2.45. The molecule has 1 atom stereocenters. The van der Waals surface area contributed by atoms with E-state index in [-0.39, 0.29) is 19.0 Å². The second-order valence-electron chi connectivity index (χ2n) is 5.42. The van der Waals surface area contributed by atoms with Crippen LogP contribution in [0.2, 0.25) is 5.02 Å². The van der Waals surface area contributed by atoms with Crippen LogP contribution in [0.15, 0.2) is 42.5 Å². The average Bonchev–Trinajstić information content (AvgIpc) is 2.49. The molecule has 0 saturated carbocycles. The Morgan fingerprint density at radius 1 is 1.19 bits per heavy atom. The van der Waals surface area contributed by atoms with Crippen molar-refractivity contribution in [3.05, 3.63) is 70.0 Å². The molecule has 0 bridgehead atoms. The van der Waals surface area contributed by atoms with Crippen molar-refractivity contribution in [3.63, 3.8) is 0 Å². The van der Waals surface area contributed by atoms with Crippen LogP contribution < -0.4 is 5.73 Å². The first-order valence-corrected chi connectivity index (χ1v) is 7.20. The lowest BCUT2D eigenvalue weighted by molar-refractivity contribution is 0.195. The van der Waals surface area contributed by atoms with E-state index in [4.69, 9.17) is 17.3 Å². The second-order valence-corrected chi connectivity index (χ2v) is 5.86. The predicted octanol–water partition coefficient (Wildman–Crippen LogP) is 3.22. The zero-order valence-electron chi connectivity index (χ0n) is 11.9. The molecule has 0 radical (unpaired) electrons. The number of hydrogen-bond acceptors (Lipinski definition) is 2. The summed E-state index contributed by atoms with van der Waals surface area (Å²) >= 11 is 5.94. The third-order valence-corrected chi connectivity index (χ3v) is 4.13. The molecule has 0 amide bonds. The van der Waals surface area contributed by atoms with Crippen molar-refractivity contribution in [1.29, 1.82) is 0 Å². The summed E-state index contributed by atoms with van der Waals surface area (Å²) < 4.78 is 14.0. The first-order chi connectivity index (χ1) is 10.0. The van der Waals surface area contributed by atoms with Gasteiger partial charge in [-0.25, -0.2) is 4.39 Å². The summed E-state index contributed by atoms with van der Waals surface area (Å²) in [6, 6.07) is 12.2. The van der Waals surface area contributed by atoms with E-state index in [0.29, 0.717) is 17.0 Å². The van der Waals surface area contributed by atoms with E-state index >= 15 is 0 Å². The normalized spacial score (nSPS) is 14.0. The van der Waals surface area contributed by atoms with Crippen LogP contribution in [0.4, 0.5) is 4.39 Å². The van der Waals surface area contributed by atoms with Crippen LogP contribution >= 0.6 is 11.6 Å². The summed E-state index contributed by atoms with van der Waals surface area (Å²) in [6.07, 6.45) is 0.301. The topological polar surface area (TPSA) is 46.2 Å². The van der Waals surface area contributed by atoms with Crippen molar-refractivity contribution < 1.29 is 9.50 Å². The summed E-state index contributed by atoms with van der Waals surface area (Å²) in [5.41, 5.74) is 7.68. The van der Waals surface area contributed by atoms with Crippen molar-refractivity contribution in [3.8, 4) is 0 Å². The van der Waals surface area contributed by atoms with Crippen LogP contribution in [-0.4, -0.2) is 18.3 Å². The second kappa shape index (κ2) is 6.56. The molecule has 0 saturated heterocycles. The standard InChI is InChI=1S/C17H19ClFNO/c1-12-2-4-14(5-3-12)17(10-20,11-21)9-13-8-15(18)6-7-16(13)19/h2-8,21H,9-11,20H2,1H3. The van der Waals surface area contributed by atoms with Crippen molar-refractivity contribution in [2.24, 2.45) is 5.73 Å². The van der Waals surface area contributed by atoms with Gasteiger partial charge in [-0.05, 0) is 42.7 Å². The number of hydrogen-bond donors (Lipinski definition) is 2. The fraction of sp³-hybridized carbons (Fsp3) is 0.294. The Hall–Kier alpha value is -1.42. The van der Waals surface area contributed by atoms with Crippen molar-refractivity contribution >= 4 is 11.6 Å². The highest BCUT2D eigenvalue weighted by Gasteiger charge is 2.31. The molecule has 112 valence electrons. The van der Waals surface area contributed by atoms with Crippen LogP contribution in [0.5, 0.6) is 0 Å². The van der Waals surface area contributed by atoms with Gasteiger partial charge in [0.25, 0.3) is 0 Å². The Bertz CT molecular complexity index is 609. The SMILES string of the molecule is Cc1ccc(C(CN)(CO)Cc2cc(Cl)ccc2F)cc1. The number of aryl methyl sites for hydroxylation is 1. The quantitative estimate of drug-likeness (QED) is 0.891. The fourth-order valence-corrected chi connectivity index (χ4v) is 2.65. The highest BCUT2D eigenvalue weighted by molar-refractivity contribution is 6.30. The highest BCUT2D eigenvalue weighted by atomic mass is 35.5. The van der Waals surface area contributed by atoms with Gasteiger partial charge in [0.15, 0.2) is 0 Å². The molecule has 0 aliphatic carbocycles. The van der Waals surface area contributed by atoms with Gasteiger partial charge in [0.2, 0.25) is 0 Å². The maximum Gasteiger partial charge on any atom is 0.126 e. The lowest BCUT2D eigenvalue weighted by Gasteiger charge is -2.31. The molecule has 2 aromatic rings. The number of benzene rings is 2. The van der Waals surface area contributed by atoms with Crippen LogP contribution in [0.1, 0.15) is 16.7 Å². The summed E-state index contributed by atoms with van der Waals surface area (Å²) in [7, 11) is 0. The molecule has 0 aliphatic heterocycles. The molecule has 21 heavy (non-hydrogen) atoms. The predicted molar refractivity (Wildman–Crippen MR) is 84.1 cm³/mol. The van der Waals surface area contributed by atoms with Crippen LogP contribution in [0.25, 0.3) is 0 Å². The van der Waals surface area contributed by atoms with Crippen molar-refractivity contribution in [2.75, 3.05) is 13.2 Å². The number of halogens is 2. The van der Waals surface area contributed by atoms with Gasteiger partial charge in [-0.1, -0.05) is 41.4 Å². The van der Waals surface area contributed by atoms with E-state index in [2.05, 4.69) is 0 Å². The van der Waals surface area contributed by atoms with Gasteiger partial charge in [0.1, 0.15) is 5.82 Å². The monoisotopic (exact) mass is 307 g/mol. The van der Waals surface area contributed by atoms with Gasteiger partial charge >= 0.3 is 0 Å². The molecule has 0 heterocycles. The number of aliphatic hydroxyl groups excluding tert-OH is 1. The maximum atomic E-state index is 14.0. The molecule has 0 spiro atoms.